The van der Waals surface area contributed by atoms with Crippen molar-refractivity contribution in [1.29, 1.82) is 0 Å². The summed E-state index contributed by atoms with van der Waals surface area (Å²) in [5.74, 6) is 0.593. The highest BCUT2D eigenvalue weighted by Gasteiger charge is 2.05. The monoisotopic (exact) mass is 348 g/mol. The van der Waals surface area contributed by atoms with E-state index in [4.69, 9.17) is 0 Å². The van der Waals surface area contributed by atoms with Crippen molar-refractivity contribution in [1.82, 2.24) is 15.0 Å². The first-order chi connectivity index (χ1) is 7.66. The van der Waals surface area contributed by atoms with Crippen molar-refractivity contribution in [2.45, 2.75) is 13.5 Å². The molecule has 0 aliphatic heterocycles. The van der Waals surface area contributed by atoms with E-state index in [1.165, 1.54) is 6.33 Å². The largest absolute Gasteiger partial charge is 0.363 e. The van der Waals surface area contributed by atoms with E-state index in [2.05, 4.69) is 20.3 Å². The van der Waals surface area contributed by atoms with E-state index in [0.29, 0.717) is 15.9 Å². The van der Waals surface area contributed by atoms with Gasteiger partial charge in [0.1, 0.15) is 9.39 Å². The molecule has 0 spiro atoms. The summed E-state index contributed by atoms with van der Waals surface area (Å²) in [5.41, 5.74) is 0.827. The zero-order chi connectivity index (χ0) is 11.5. The number of nitrogens with one attached hydrogen (secondary N) is 2. The van der Waals surface area contributed by atoms with Crippen LogP contribution >= 0.6 is 33.9 Å². The Labute approximate surface area is 109 Å². The number of aryl methyl sites for hydroxylation is 1. The smallest absolute Gasteiger partial charge is 0.266 e. The lowest BCUT2D eigenvalue weighted by atomic mass is 10.4. The topological polar surface area (TPSA) is 70.7 Å². The van der Waals surface area contributed by atoms with Gasteiger partial charge in [-0.2, -0.15) is 0 Å². The van der Waals surface area contributed by atoms with Crippen LogP contribution in [0, 0.1) is 10.5 Å². The van der Waals surface area contributed by atoms with Crippen molar-refractivity contribution in [2.75, 3.05) is 5.32 Å². The van der Waals surface area contributed by atoms with Crippen LogP contribution in [0.15, 0.2) is 16.5 Å². The minimum absolute atomic E-state index is 0.132. The van der Waals surface area contributed by atoms with Gasteiger partial charge in [0.15, 0.2) is 0 Å². The van der Waals surface area contributed by atoms with Gasteiger partial charge in [-0.05, 0) is 29.5 Å². The highest BCUT2D eigenvalue weighted by molar-refractivity contribution is 14.1. The van der Waals surface area contributed by atoms with E-state index in [1.807, 2.05) is 34.9 Å². The van der Waals surface area contributed by atoms with Gasteiger partial charge in [-0.1, -0.05) is 0 Å². The molecule has 0 unspecified atom stereocenters. The number of rotatable bonds is 3. The molecule has 0 saturated heterocycles. The zero-order valence-corrected chi connectivity index (χ0v) is 11.4. The molecular formula is C9H9IN4OS. The lowest BCUT2D eigenvalue weighted by Gasteiger charge is -2.04. The number of aromatic amines is 1. The third-order valence-corrected chi connectivity index (χ3v) is 3.72. The number of thiazole rings is 1. The Balaban J connectivity index is 2.10. The van der Waals surface area contributed by atoms with Gasteiger partial charge < -0.3 is 10.3 Å². The average Bonchev–Trinajstić information content (AvgIpc) is 2.67. The molecule has 2 heterocycles. The summed E-state index contributed by atoms with van der Waals surface area (Å²) in [7, 11) is 0. The van der Waals surface area contributed by atoms with E-state index in [0.717, 1.165) is 10.7 Å². The minimum atomic E-state index is -0.132. The maximum absolute atomic E-state index is 11.3. The van der Waals surface area contributed by atoms with Crippen LogP contribution in [0.4, 0.5) is 5.82 Å². The zero-order valence-electron chi connectivity index (χ0n) is 8.45. The molecule has 2 aromatic heterocycles. The summed E-state index contributed by atoms with van der Waals surface area (Å²) in [6.45, 7) is 2.54. The third-order valence-electron chi connectivity index (χ3n) is 1.90. The fourth-order valence-electron chi connectivity index (χ4n) is 1.17. The molecule has 84 valence electrons. The van der Waals surface area contributed by atoms with Gasteiger partial charge in [0.25, 0.3) is 5.56 Å². The number of anilines is 1. The maximum Gasteiger partial charge on any atom is 0.266 e. The van der Waals surface area contributed by atoms with Gasteiger partial charge in [0, 0.05) is 5.38 Å². The van der Waals surface area contributed by atoms with Crippen molar-refractivity contribution in [2.24, 2.45) is 0 Å². The third kappa shape index (κ3) is 2.59. The molecule has 5 nitrogen and oxygen atoms in total. The highest BCUT2D eigenvalue weighted by Crippen LogP contribution is 2.12. The van der Waals surface area contributed by atoms with Crippen LogP contribution in [0.25, 0.3) is 0 Å². The lowest BCUT2D eigenvalue weighted by molar-refractivity contribution is 1.01. The number of nitrogens with zero attached hydrogens (tertiary/aromatic N) is 2. The molecular weight excluding hydrogens is 339 g/mol. The molecule has 16 heavy (non-hydrogen) atoms. The van der Waals surface area contributed by atoms with Crippen molar-refractivity contribution >= 4 is 39.7 Å². The van der Waals surface area contributed by atoms with Gasteiger partial charge in [-0.25, -0.2) is 9.97 Å². The van der Waals surface area contributed by atoms with E-state index in [1.54, 1.807) is 11.3 Å². The number of aromatic nitrogens is 3. The normalized spacial score (nSPS) is 10.4. The second-order valence-corrected chi connectivity index (χ2v) is 5.25. The first-order valence-corrected chi connectivity index (χ1v) is 6.50. The Morgan fingerprint density at radius 3 is 3.12 bits per heavy atom. The van der Waals surface area contributed by atoms with Gasteiger partial charge in [-0.15, -0.1) is 11.3 Å². The number of H-pyrrole nitrogens is 1. The standard InChI is InChI=1S/C9H9IN4OS/c1-5-14-6(3-16-5)2-11-8-7(10)9(15)13-4-12-8/h3-4H,2H2,1H3,(H2,11,12,13,15). The SMILES string of the molecule is Cc1nc(CNc2nc[nH]c(=O)c2I)cs1. The summed E-state index contributed by atoms with van der Waals surface area (Å²) >= 11 is 3.57. The summed E-state index contributed by atoms with van der Waals surface area (Å²) < 4.78 is 0.562. The number of halogens is 1. The van der Waals surface area contributed by atoms with Crippen LogP contribution in [0.3, 0.4) is 0 Å². The predicted octanol–water partition coefficient (Wildman–Crippen LogP) is 1.75. The van der Waals surface area contributed by atoms with Crippen LogP contribution in [0.2, 0.25) is 0 Å². The van der Waals surface area contributed by atoms with Crippen molar-refractivity contribution in [3.05, 3.63) is 36.3 Å². The second-order valence-electron chi connectivity index (χ2n) is 3.11. The van der Waals surface area contributed by atoms with Gasteiger partial charge in [0.05, 0.1) is 23.6 Å². The molecule has 0 aliphatic rings. The molecule has 2 aromatic rings. The summed E-state index contributed by atoms with van der Waals surface area (Å²) in [6, 6.07) is 0. The molecule has 0 radical (unpaired) electrons. The molecule has 0 aromatic carbocycles. The molecule has 2 rings (SSSR count). The molecule has 0 atom stereocenters. The van der Waals surface area contributed by atoms with E-state index in [9.17, 15) is 4.79 Å². The van der Waals surface area contributed by atoms with E-state index >= 15 is 0 Å². The Hall–Kier alpha value is -0.960. The summed E-state index contributed by atoms with van der Waals surface area (Å²) in [4.78, 5) is 22.2. The fraction of sp³-hybridized carbons (Fsp3) is 0.222. The van der Waals surface area contributed by atoms with E-state index in [-0.39, 0.29) is 5.56 Å². The first kappa shape index (κ1) is 11.5. The van der Waals surface area contributed by atoms with E-state index < -0.39 is 0 Å². The maximum atomic E-state index is 11.3. The second kappa shape index (κ2) is 4.91. The van der Waals surface area contributed by atoms with Gasteiger partial charge in [-0.3, -0.25) is 4.79 Å². The van der Waals surface area contributed by atoms with Crippen molar-refractivity contribution in [3.63, 3.8) is 0 Å². The van der Waals surface area contributed by atoms with Crippen LogP contribution in [-0.2, 0) is 6.54 Å². The Morgan fingerprint density at radius 1 is 1.62 bits per heavy atom. The molecule has 0 aliphatic carbocycles. The predicted molar refractivity (Wildman–Crippen MR) is 71.8 cm³/mol. The summed E-state index contributed by atoms with van der Waals surface area (Å²) in [5, 5.41) is 6.11. The molecule has 0 bridgehead atoms. The van der Waals surface area contributed by atoms with Gasteiger partial charge >= 0.3 is 0 Å². The number of hydrogen-bond donors (Lipinski definition) is 2. The summed E-state index contributed by atoms with van der Waals surface area (Å²) in [6.07, 6.45) is 1.39. The average molecular weight is 348 g/mol. The molecule has 0 amide bonds. The molecule has 2 N–H and O–H groups in total. The van der Waals surface area contributed by atoms with Crippen LogP contribution in [0.5, 0.6) is 0 Å². The number of hydrogen-bond acceptors (Lipinski definition) is 5. The van der Waals surface area contributed by atoms with Crippen LogP contribution in [0.1, 0.15) is 10.7 Å². The Morgan fingerprint density at radius 2 is 2.44 bits per heavy atom. The Bertz CT molecular complexity index is 550. The van der Waals surface area contributed by atoms with Crippen molar-refractivity contribution < 1.29 is 0 Å². The Kier molecular flexibility index (Phi) is 3.54. The molecule has 7 heteroatoms. The van der Waals surface area contributed by atoms with Crippen molar-refractivity contribution in [3.8, 4) is 0 Å². The first-order valence-electron chi connectivity index (χ1n) is 4.55. The lowest BCUT2D eigenvalue weighted by Crippen LogP contribution is -2.14. The minimum Gasteiger partial charge on any atom is -0.363 e. The molecule has 0 saturated carbocycles. The molecule has 0 fully saturated rings. The van der Waals surface area contributed by atoms with Gasteiger partial charge in [0.2, 0.25) is 0 Å². The fourth-order valence-corrected chi connectivity index (χ4v) is 2.27. The van der Waals surface area contributed by atoms with Crippen LogP contribution < -0.4 is 10.9 Å². The van der Waals surface area contributed by atoms with Crippen LogP contribution in [-0.4, -0.2) is 15.0 Å². The quantitative estimate of drug-likeness (QED) is 0.830. The highest BCUT2D eigenvalue weighted by atomic mass is 127.